The van der Waals surface area contributed by atoms with Gasteiger partial charge in [0.1, 0.15) is 5.75 Å². The Morgan fingerprint density at radius 3 is 2.50 bits per heavy atom. The van der Waals surface area contributed by atoms with Crippen LogP contribution in [0.1, 0.15) is 11.1 Å². The third kappa shape index (κ3) is 2.10. The second-order valence-corrected chi connectivity index (χ2v) is 2.95. The monoisotopic (exact) mass is 193 g/mol. The van der Waals surface area contributed by atoms with Crippen LogP contribution in [0.4, 0.5) is 0 Å². The van der Waals surface area contributed by atoms with Gasteiger partial charge in [-0.3, -0.25) is 4.79 Å². The van der Waals surface area contributed by atoms with Gasteiger partial charge in [0.25, 0.3) is 0 Å². The molecule has 2 N–H and O–H groups in total. The Hall–Kier alpha value is -1.84. The van der Waals surface area contributed by atoms with Gasteiger partial charge in [0.05, 0.1) is 0 Å². The van der Waals surface area contributed by atoms with Crippen molar-refractivity contribution in [2.45, 2.75) is 13.8 Å². The molecule has 4 heteroatoms. The van der Waals surface area contributed by atoms with Crippen LogP contribution in [0.15, 0.2) is 18.2 Å². The second kappa shape index (κ2) is 3.91. The van der Waals surface area contributed by atoms with E-state index in [0.717, 1.165) is 11.1 Å². The Balaban J connectivity index is 2.93. The van der Waals surface area contributed by atoms with E-state index in [9.17, 15) is 9.59 Å². The Kier molecular flexibility index (Phi) is 2.86. The summed E-state index contributed by atoms with van der Waals surface area (Å²) in [6.07, 6.45) is 0. The normalized spacial score (nSPS) is 9.57. The molecule has 0 heterocycles. The zero-order valence-electron chi connectivity index (χ0n) is 8.03. The van der Waals surface area contributed by atoms with E-state index in [1.165, 1.54) is 0 Å². The molecule has 0 aliphatic rings. The third-order valence-corrected chi connectivity index (χ3v) is 1.96. The standard InChI is InChI=1S/C10H11NO3/c1-6-4-3-5-8(7(6)2)14-10(13)9(11)12/h3-5H,1-2H3,(H2,11,12). The van der Waals surface area contributed by atoms with Gasteiger partial charge in [-0.2, -0.15) is 0 Å². The first kappa shape index (κ1) is 10.2. The summed E-state index contributed by atoms with van der Waals surface area (Å²) in [6, 6.07) is 5.24. The molecule has 74 valence electrons. The average molecular weight is 193 g/mol. The molecule has 0 unspecified atom stereocenters. The van der Waals surface area contributed by atoms with E-state index in [-0.39, 0.29) is 0 Å². The summed E-state index contributed by atoms with van der Waals surface area (Å²) in [5, 5.41) is 0. The third-order valence-electron chi connectivity index (χ3n) is 1.96. The molecule has 0 radical (unpaired) electrons. The molecule has 1 amide bonds. The molecule has 0 aliphatic carbocycles. The number of carbonyl (C=O) groups is 2. The van der Waals surface area contributed by atoms with Gasteiger partial charge < -0.3 is 10.5 Å². The smallest absolute Gasteiger partial charge is 0.401 e. The number of ether oxygens (including phenoxy) is 1. The van der Waals surface area contributed by atoms with Crippen molar-refractivity contribution >= 4 is 11.9 Å². The van der Waals surface area contributed by atoms with Crippen molar-refractivity contribution in [2.24, 2.45) is 5.73 Å². The minimum absolute atomic E-state index is 0.369. The second-order valence-electron chi connectivity index (χ2n) is 2.95. The van der Waals surface area contributed by atoms with Crippen LogP contribution in [0.3, 0.4) is 0 Å². The molecule has 0 spiro atoms. The summed E-state index contributed by atoms with van der Waals surface area (Å²) in [6.45, 7) is 3.69. The van der Waals surface area contributed by atoms with Crippen molar-refractivity contribution < 1.29 is 14.3 Å². The molecule has 0 atom stereocenters. The van der Waals surface area contributed by atoms with Crippen molar-refractivity contribution in [3.8, 4) is 5.75 Å². The number of aryl methyl sites for hydroxylation is 1. The summed E-state index contributed by atoms with van der Waals surface area (Å²) in [7, 11) is 0. The highest BCUT2D eigenvalue weighted by atomic mass is 16.5. The fourth-order valence-electron chi connectivity index (χ4n) is 0.985. The molecule has 0 saturated heterocycles. The Morgan fingerprint density at radius 2 is 1.93 bits per heavy atom. The molecule has 1 rings (SSSR count). The number of carbonyl (C=O) groups excluding carboxylic acids is 2. The maximum absolute atomic E-state index is 10.9. The number of benzene rings is 1. The predicted molar refractivity (Wildman–Crippen MR) is 50.7 cm³/mol. The largest absolute Gasteiger partial charge is 0.419 e. The molecule has 0 fully saturated rings. The van der Waals surface area contributed by atoms with E-state index >= 15 is 0 Å². The summed E-state index contributed by atoms with van der Waals surface area (Å²) in [5.41, 5.74) is 6.57. The van der Waals surface area contributed by atoms with E-state index in [4.69, 9.17) is 10.5 Å². The average Bonchev–Trinajstić information content (AvgIpc) is 2.12. The number of hydrogen-bond donors (Lipinski definition) is 1. The number of rotatable bonds is 1. The van der Waals surface area contributed by atoms with Gasteiger partial charge in [0.2, 0.25) is 0 Å². The lowest BCUT2D eigenvalue weighted by Gasteiger charge is -2.07. The first-order valence-electron chi connectivity index (χ1n) is 4.10. The number of primary amides is 1. The summed E-state index contributed by atoms with van der Waals surface area (Å²) < 4.78 is 4.77. The SMILES string of the molecule is Cc1cccc(OC(=O)C(N)=O)c1C. The van der Waals surface area contributed by atoms with Gasteiger partial charge in [-0.1, -0.05) is 12.1 Å². The fourth-order valence-corrected chi connectivity index (χ4v) is 0.985. The molecule has 0 aromatic heterocycles. The first-order valence-corrected chi connectivity index (χ1v) is 4.10. The zero-order chi connectivity index (χ0) is 10.7. The number of nitrogens with two attached hydrogens (primary N) is 1. The van der Waals surface area contributed by atoms with Crippen molar-refractivity contribution in [2.75, 3.05) is 0 Å². The lowest BCUT2D eigenvalue weighted by atomic mass is 10.1. The molecule has 4 nitrogen and oxygen atoms in total. The highest BCUT2D eigenvalue weighted by molar-refractivity contribution is 6.32. The van der Waals surface area contributed by atoms with Crippen molar-refractivity contribution in [3.63, 3.8) is 0 Å². The quantitative estimate of drug-likeness (QED) is 0.405. The highest BCUT2D eigenvalue weighted by Crippen LogP contribution is 2.20. The predicted octanol–water partition coefficient (Wildman–Crippen LogP) is 0.694. The molecule has 0 bridgehead atoms. The topological polar surface area (TPSA) is 69.4 Å². The van der Waals surface area contributed by atoms with Crippen LogP contribution in [0.5, 0.6) is 5.75 Å². The molecule has 14 heavy (non-hydrogen) atoms. The number of hydrogen-bond acceptors (Lipinski definition) is 3. The van der Waals surface area contributed by atoms with Gasteiger partial charge in [-0.15, -0.1) is 0 Å². The van der Waals surface area contributed by atoms with Crippen LogP contribution in [0.2, 0.25) is 0 Å². The highest BCUT2D eigenvalue weighted by Gasteiger charge is 2.13. The lowest BCUT2D eigenvalue weighted by molar-refractivity contribution is -0.146. The summed E-state index contributed by atoms with van der Waals surface area (Å²) in [5.74, 6) is -1.77. The van der Waals surface area contributed by atoms with Crippen molar-refractivity contribution in [1.29, 1.82) is 0 Å². The van der Waals surface area contributed by atoms with E-state index in [2.05, 4.69) is 0 Å². The number of amides is 1. The van der Waals surface area contributed by atoms with E-state index in [1.54, 1.807) is 19.1 Å². The van der Waals surface area contributed by atoms with Crippen LogP contribution in [0.25, 0.3) is 0 Å². The van der Waals surface area contributed by atoms with Crippen molar-refractivity contribution in [3.05, 3.63) is 29.3 Å². The van der Waals surface area contributed by atoms with Crippen molar-refractivity contribution in [1.82, 2.24) is 0 Å². The lowest BCUT2D eigenvalue weighted by Crippen LogP contribution is -2.28. The Bertz CT molecular complexity index is 385. The van der Waals surface area contributed by atoms with Crippen LogP contribution >= 0.6 is 0 Å². The molecule has 0 saturated carbocycles. The Morgan fingerprint density at radius 1 is 1.29 bits per heavy atom. The van der Waals surface area contributed by atoms with E-state index < -0.39 is 11.9 Å². The fraction of sp³-hybridized carbons (Fsp3) is 0.200. The van der Waals surface area contributed by atoms with Gasteiger partial charge in [0, 0.05) is 0 Å². The van der Waals surface area contributed by atoms with Gasteiger partial charge in [-0.05, 0) is 31.0 Å². The van der Waals surface area contributed by atoms with Crippen LogP contribution in [-0.4, -0.2) is 11.9 Å². The minimum atomic E-state index is -1.09. The van der Waals surface area contributed by atoms with Crippen LogP contribution in [-0.2, 0) is 9.59 Å². The summed E-state index contributed by atoms with van der Waals surface area (Å²) >= 11 is 0. The maximum Gasteiger partial charge on any atom is 0.401 e. The van der Waals surface area contributed by atoms with Crippen LogP contribution in [0, 0.1) is 13.8 Å². The molecular formula is C10H11NO3. The molecule has 1 aromatic rings. The summed E-state index contributed by atoms with van der Waals surface area (Å²) in [4.78, 5) is 21.3. The number of esters is 1. The van der Waals surface area contributed by atoms with Gasteiger partial charge in [0.15, 0.2) is 0 Å². The van der Waals surface area contributed by atoms with Gasteiger partial charge >= 0.3 is 11.9 Å². The molecule has 1 aromatic carbocycles. The molecule has 0 aliphatic heterocycles. The minimum Gasteiger partial charge on any atom is -0.419 e. The van der Waals surface area contributed by atoms with Gasteiger partial charge in [-0.25, -0.2) is 4.79 Å². The maximum atomic E-state index is 10.9. The molecular weight excluding hydrogens is 182 g/mol. The van der Waals surface area contributed by atoms with E-state index in [1.807, 2.05) is 13.0 Å². The Labute approximate surface area is 81.7 Å². The van der Waals surface area contributed by atoms with Crippen LogP contribution < -0.4 is 10.5 Å². The van der Waals surface area contributed by atoms with E-state index in [0.29, 0.717) is 5.75 Å². The first-order chi connectivity index (χ1) is 6.52. The zero-order valence-corrected chi connectivity index (χ0v) is 8.03.